The smallest absolute Gasteiger partial charge is 0.333 e. The number of carbonyl (C=O) groups excluding carboxylic acids is 2. The number of benzene rings is 1. The number of hydrogen-bond acceptors (Lipinski definition) is 6. The third kappa shape index (κ3) is 7.56. The minimum atomic E-state index is -0.454. The molecule has 0 atom stereocenters. The maximum absolute atomic E-state index is 11.5. The van der Waals surface area contributed by atoms with Gasteiger partial charge >= 0.3 is 11.9 Å². The summed E-state index contributed by atoms with van der Waals surface area (Å²) in [5, 5.41) is 0. The lowest BCUT2D eigenvalue weighted by Gasteiger charge is -2.11. The molecule has 0 aliphatic rings. The van der Waals surface area contributed by atoms with Crippen LogP contribution in [0.3, 0.4) is 0 Å². The largest absolute Gasteiger partial charge is 0.493 e. The Morgan fingerprint density at radius 1 is 1.20 bits per heavy atom. The van der Waals surface area contributed by atoms with Gasteiger partial charge in [-0.3, -0.25) is 0 Å². The Morgan fingerprint density at radius 3 is 2.52 bits per heavy atom. The topological polar surface area (TPSA) is 71.1 Å². The van der Waals surface area contributed by atoms with E-state index in [9.17, 15) is 9.59 Å². The van der Waals surface area contributed by atoms with Gasteiger partial charge in [0.1, 0.15) is 13.2 Å². The van der Waals surface area contributed by atoms with Gasteiger partial charge in [-0.15, -0.1) is 0 Å². The standard InChI is InChI=1S/C19H24O6/c1-13(2)19(21)24-11-10-23-16-8-6-15(12-17(16)22-5)7-9-18(20)25-14(3)4/h6-9,12,14H,1,10-11H2,2-5H3/b9-7+. The molecule has 0 fully saturated rings. The molecule has 0 bridgehead atoms. The molecule has 1 aromatic carbocycles. The van der Waals surface area contributed by atoms with Gasteiger partial charge in [0.2, 0.25) is 0 Å². The van der Waals surface area contributed by atoms with Crippen LogP contribution in [0.15, 0.2) is 36.4 Å². The Balaban J connectivity index is 2.62. The first-order valence-corrected chi connectivity index (χ1v) is 7.85. The molecule has 6 nitrogen and oxygen atoms in total. The van der Waals surface area contributed by atoms with E-state index in [1.807, 2.05) is 0 Å². The summed E-state index contributed by atoms with van der Waals surface area (Å²) >= 11 is 0. The van der Waals surface area contributed by atoms with E-state index in [4.69, 9.17) is 18.9 Å². The molecule has 0 N–H and O–H groups in total. The average Bonchev–Trinajstić information content (AvgIpc) is 2.56. The highest BCUT2D eigenvalue weighted by atomic mass is 16.6. The second-order valence-corrected chi connectivity index (χ2v) is 5.49. The molecule has 0 aliphatic heterocycles. The van der Waals surface area contributed by atoms with E-state index in [0.29, 0.717) is 17.1 Å². The van der Waals surface area contributed by atoms with Gasteiger partial charge in [-0.25, -0.2) is 9.59 Å². The summed E-state index contributed by atoms with van der Waals surface area (Å²) < 4.78 is 20.8. The molecule has 136 valence electrons. The lowest BCUT2D eigenvalue weighted by atomic mass is 10.2. The molecule has 0 amide bonds. The fraction of sp³-hybridized carbons (Fsp3) is 0.368. The van der Waals surface area contributed by atoms with Crippen LogP contribution in [0.1, 0.15) is 26.3 Å². The van der Waals surface area contributed by atoms with Crippen molar-refractivity contribution in [3.63, 3.8) is 0 Å². The van der Waals surface area contributed by atoms with E-state index in [0.717, 1.165) is 5.56 Å². The lowest BCUT2D eigenvalue weighted by Crippen LogP contribution is -2.12. The van der Waals surface area contributed by atoms with Crippen LogP contribution in [0.2, 0.25) is 0 Å². The van der Waals surface area contributed by atoms with Crippen LogP contribution in [0.4, 0.5) is 0 Å². The molecule has 0 spiro atoms. The van der Waals surface area contributed by atoms with Crippen LogP contribution in [-0.4, -0.2) is 38.4 Å². The van der Waals surface area contributed by atoms with Crippen LogP contribution < -0.4 is 9.47 Å². The Morgan fingerprint density at radius 2 is 1.92 bits per heavy atom. The van der Waals surface area contributed by atoms with Crippen molar-refractivity contribution in [3.05, 3.63) is 42.0 Å². The quantitative estimate of drug-likeness (QED) is 0.388. The first-order chi connectivity index (χ1) is 11.8. The fourth-order valence-electron chi connectivity index (χ4n) is 1.75. The summed E-state index contributed by atoms with van der Waals surface area (Å²) in [7, 11) is 1.52. The molecular weight excluding hydrogens is 324 g/mol. The minimum absolute atomic E-state index is 0.109. The van der Waals surface area contributed by atoms with Crippen LogP contribution >= 0.6 is 0 Å². The van der Waals surface area contributed by atoms with E-state index >= 15 is 0 Å². The normalized spacial score (nSPS) is 10.6. The maximum atomic E-state index is 11.5. The van der Waals surface area contributed by atoms with Gasteiger partial charge in [-0.1, -0.05) is 12.6 Å². The van der Waals surface area contributed by atoms with Gasteiger partial charge in [0.25, 0.3) is 0 Å². The summed E-state index contributed by atoms with van der Waals surface area (Å²) in [5.74, 6) is 0.152. The van der Waals surface area contributed by atoms with Crippen molar-refractivity contribution in [2.45, 2.75) is 26.9 Å². The first kappa shape index (κ1) is 20.3. The van der Waals surface area contributed by atoms with Gasteiger partial charge in [-0.2, -0.15) is 0 Å². The molecule has 0 saturated heterocycles. The molecule has 25 heavy (non-hydrogen) atoms. The van der Waals surface area contributed by atoms with E-state index < -0.39 is 11.9 Å². The zero-order valence-electron chi connectivity index (χ0n) is 15.0. The highest BCUT2D eigenvalue weighted by molar-refractivity contribution is 5.87. The number of hydrogen-bond donors (Lipinski definition) is 0. The third-order valence-corrected chi connectivity index (χ3v) is 2.87. The van der Waals surface area contributed by atoms with Gasteiger partial charge in [-0.05, 0) is 44.5 Å². The second kappa shape index (κ2) is 10.2. The molecule has 0 radical (unpaired) electrons. The predicted molar refractivity (Wildman–Crippen MR) is 94.5 cm³/mol. The monoisotopic (exact) mass is 348 g/mol. The van der Waals surface area contributed by atoms with Crippen molar-refractivity contribution >= 4 is 18.0 Å². The highest BCUT2D eigenvalue weighted by Crippen LogP contribution is 2.28. The summed E-state index contributed by atoms with van der Waals surface area (Å²) in [6.07, 6.45) is 2.82. The summed E-state index contributed by atoms with van der Waals surface area (Å²) in [5.41, 5.74) is 1.10. The second-order valence-electron chi connectivity index (χ2n) is 5.49. The van der Waals surface area contributed by atoms with Crippen LogP contribution in [0.25, 0.3) is 6.08 Å². The molecule has 0 aliphatic carbocycles. The zero-order valence-corrected chi connectivity index (χ0v) is 15.0. The fourth-order valence-corrected chi connectivity index (χ4v) is 1.75. The van der Waals surface area contributed by atoms with Crippen molar-refractivity contribution in [3.8, 4) is 11.5 Å². The Bertz CT molecular complexity index is 645. The van der Waals surface area contributed by atoms with Crippen molar-refractivity contribution in [1.29, 1.82) is 0 Å². The summed E-state index contributed by atoms with van der Waals surface area (Å²) in [6, 6.07) is 5.22. The molecule has 0 aromatic heterocycles. The van der Waals surface area contributed by atoms with Gasteiger partial charge in [0.05, 0.1) is 13.2 Å². The maximum Gasteiger partial charge on any atom is 0.333 e. The molecular formula is C19H24O6. The van der Waals surface area contributed by atoms with Gasteiger partial charge in [0.15, 0.2) is 11.5 Å². The van der Waals surface area contributed by atoms with Crippen molar-refractivity contribution in [2.75, 3.05) is 20.3 Å². The molecule has 6 heteroatoms. The molecule has 0 saturated carbocycles. The van der Waals surface area contributed by atoms with E-state index in [-0.39, 0.29) is 19.3 Å². The zero-order chi connectivity index (χ0) is 18.8. The summed E-state index contributed by atoms with van der Waals surface area (Å²) in [4.78, 5) is 22.8. The Hall–Kier alpha value is -2.76. The van der Waals surface area contributed by atoms with Crippen LogP contribution in [0.5, 0.6) is 11.5 Å². The molecule has 0 unspecified atom stereocenters. The third-order valence-electron chi connectivity index (χ3n) is 2.87. The predicted octanol–water partition coefficient (Wildman–Crippen LogP) is 3.16. The molecule has 0 heterocycles. The van der Waals surface area contributed by atoms with E-state index in [1.165, 1.54) is 13.2 Å². The first-order valence-electron chi connectivity index (χ1n) is 7.85. The van der Waals surface area contributed by atoms with E-state index in [2.05, 4.69) is 6.58 Å². The number of methoxy groups -OCH3 is 1. The number of esters is 2. The minimum Gasteiger partial charge on any atom is -0.493 e. The molecule has 1 aromatic rings. The Labute approximate surface area is 148 Å². The van der Waals surface area contributed by atoms with Crippen LogP contribution in [-0.2, 0) is 19.1 Å². The molecule has 1 rings (SSSR count). The highest BCUT2D eigenvalue weighted by Gasteiger charge is 2.07. The van der Waals surface area contributed by atoms with Crippen molar-refractivity contribution in [1.82, 2.24) is 0 Å². The number of rotatable bonds is 9. The SMILES string of the molecule is C=C(C)C(=O)OCCOc1ccc(/C=C/C(=O)OC(C)C)cc1OC. The van der Waals surface area contributed by atoms with E-state index in [1.54, 1.807) is 45.0 Å². The van der Waals surface area contributed by atoms with Crippen molar-refractivity contribution < 1.29 is 28.5 Å². The summed E-state index contributed by atoms with van der Waals surface area (Å²) in [6.45, 7) is 8.95. The number of carbonyl (C=O) groups is 2. The van der Waals surface area contributed by atoms with Crippen LogP contribution in [0, 0.1) is 0 Å². The average molecular weight is 348 g/mol. The van der Waals surface area contributed by atoms with Crippen molar-refractivity contribution in [2.24, 2.45) is 0 Å². The lowest BCUT2D eigenvalue weighted by molar-refractivity contribution is -0.141. The Kier molecular flexibility index (Phi) is 8.26. The van der Waals surface area contributed by atoms with Gasteiger partial charge in [0, 0.05) is 11.6 Å². The number of ether oxygens (including phenoxy) is 4. The van der Waals surface area contributed by atoms with Gasteiger partial charge < -0.3 is 18.9 Å².